The van der Waals surface area contributed by atoms with Gasteiger partial charge in [0.1, 0.15) is 0 Å². The molecule has 0 bridgehead atoms. The summed E-state index contributed by atoms with van der Waals surface area (Å²) in [5.41, 5.74) is 6.89. The van der Waals surface area contributed by atoms with Crippen molar-refractivity contribution in [2.45, 2.75) is 44.9 Å². The molecule has 112 valence electrons. The van der Waals surface area contributed by atoms with Crippen LogP contribution in [0.3, 0.4) is 0 Å². The highest BCUT2D eigenvalue weighted by Gasteiger charge is 2.30. The first-order valence-corrected chi connectivity index (χ1v) is 6.90. The standard InChI is InChI=1S/C15H23N3O.ClH/c1-11-8-14(17-15(19)12(2)16)10-18(11)9-13-6-4-3-5-7-13;/h3-7,11-12,14H,8-10,16H2,1-2H3,(H,17,19);1H. The van der Waals surface area contributed by atoms with Gasteiger partial charge in [0.15, 0.2) is 0 Å². The number of amides is 1. The zero-order valence-corrected chi connectivity index (χ0v) is 12.9. The molecule has 0 aromatic heterocycles. The van der Waals surface area contributed by atoms with Crippen LogP contribution < -0.4 is 11.1 Å². The monoisotopic (exact) mass is 297 g/mol. The number of likely N-dealkylation sites (tertiary alicyclic amines) is 1. The SMILES string of the molecule is CC(N)C(=O)NC1CC(C)N(Cc2ccccc2)C1.Cl. The summed E-state index contributed by atoms with van der Waals surface area (Å²) in [6.07, 6.45) is 0.991. The molecule has 3 atom stereocenters. The number of nitrogens with zero attached hydrogens (tertiary/aromatic N) is 1. The predicted molar refractivity (Wildman–Crippen MR) is 83.8 cm³/mol. The summed E-state index contributed by atoms with van der Waals surface area (Å²) < 4.78 is 0. The van der Waals surface area contributed by atoms with Crippen LogP contribution in [0, 0.1) is 0 Å². The number of carbonyl (C=O) groups excluding carboxylic acids is 1. The van der Waals surface area contributed by atoms with Gasteiger partial charge in [-0.1, -0.05) is 30.3 Å². The number of nitrogens with one attached hydrogen (secondary N) is 1. The Morgan fingerprint density at radius 1 is 1.45 bits per heavy atom. The topological polar surface area (TPSA) is 58.4 Å². The predicted octanol–water partition coefficient (Wildman–Crippen LogP) is 1.53. The van der Waals surface area contributed by atoms with Crippen molar-refractivity contribution in [2.75, 3.05) is 6.54 Å². The van der Waals surface area contributed by atoms with E-state index in [-0.39, 0.29) is 24.4 Å². The molecule has 1 aromatic carbocycles. The third-order valence-electron chi connectivity index (χ3n) is 3.69. The van der Waals surface area contributed by atoms with Crippen LogP contribution in [-0.2, 0) is 11.3 Å². The van der Waals surface area contributed by atoms with Gasteiger partial charge in [-0.2, -0.15) is 0 Å². The van der Waals surface area contributed by atoms with Gasteiger partial charge in [0.05, 0.1) is 6.04 Å². The zero-order valence-electron chi connectivity index (χ0n) is 12.1. The van der Waals surface area contributed by atoms with E-state index in [1.807, 2.05) is 6.07 Å². The number of halogens is 1. The second-order valence-electron chi connectivity index (χ2n) is 5.49. The average molecular weight is 298 g/mol. The Hall–Kier alpha value is -1.10. The molecule has 0 aliphatic carbocycles. The van der Waals surface area contributed by atoms with Crippen molar-refractivity contribution < 1.29 is 4.79 Å². The normalized spacial score (nSPS) is 23.9. The van der Waals surface area contributed by atoms with Gasteiger partial charge < -0.3 is 11.1 Å². The van der Waals surface area contributed by atoms with Gasteiger partial charge in [-0.3, -0.25) is 9.69 Å². The summed E-state index contributed by atoms with van der Waals surface area (Å²) in [6.45, 7) is 5.76. The van der Waals surface area contributed by atoms with E-state index in [9.17, 15) is 4.79 Å². The van der Waals surface area contributed by atoms with Crippen LogP contribution >= 0.6 is 12.4 Å². The van der Waals surface area contributed by atoms with Crippen molar-refractivity contribution in [3.8, 4) is 0 Å². The Morgan fingerprint density at radius 2 is 2.10 bits per heavy atom. The van der Waals surface area contributed by atoms with E-state index < -0.39 is 6.04 Å². The first kappa shape index (κ1) is 17.0. The van der Waals surface area contributed by atoms with Crippen LogP contribution in [0.4, 0.5) is 0 Å². The minimum Gasteiger partial charge on any atom is -0.351 e. The number of hydrogen-bond donors (Lipinski definition) is 2. The Kier molecular flexibility index (Phi) is 6.46. The van der Waals surface area contributed by atoms with E-state index in [1.54, 1.807) is 6.92 Å². The number of nitrogens with two attached hydrogens (primary N) is 1. The van der Waals surface area contributed by atoms with E-state index in [0.717, 1.165) is 19.5 Å². The molecule has 4 nitrogen and oxygen atoms in total. The first-order chi connectivity index (χ1) is 9.06. The highest BCUT2D eigenvalue weighted by Crippen LogP contribution is 2.20. The zero-order chi connectivity index (χ0) is 13.8. The Labute approximate surface area is 127 Å². The second kappa shape index (κ2) is 7.62. The molecule has 1 aromatic rings. The third-order valence-corrected chi connectivity index (χ3v) is 3.69. The molecule has 2 rings (SSSR count). The van der Waals surface area contributed by atoms with Crippen LogP contribution in [0.25, 0.3) is 0 Å². The van der Waals surface area contributed by atoms with Crippen LogP contribution in [-0.4, -0.2) is 35.5 Å². The molecule has 5 heteroatoms. The largest absolute Gasteiger partial charge is 0.351 e. The maximum atomic E-state index is 11.6. The molecule has 0 radical (unpaired) electrons. The average Bonchev–Trinajstić information content (AvgIpc) is 2.71. The Bertz CT molecular complexity index is 424. The molecular formula is C15H24ClN3O. The minimum absolute atomic E-state index is 0. The summed E-state index contributed by atoms with van der Waals surface area (Å²) in [7, 11) is 0. The van der Waals surface area contributed by atoms with Crippen molar-refractivity contribution in [3.05, 3.63) is 35.9 Å². The number of carbonyl (C=O) groups is 1. The molecule has 1 fully saturated rings. The van der Waals surface area contributed by atoms with Crippen LogP contribution in [0.1, 0.15) is 25.8 Å². The van der Waals surface area contributed by atoms with E-state index in [1.165, 1.54) is 5.56 Å². The van der Waals surface area contributed by atoms with Crippen molar-refractivity contribution in [1.82, 2.24) is 10.2 Å². The second-order valence-corrected chi connectivity index (χ2v) is 5.49. The van der Waals surface area contributed by atoms with Gasteiger partial charge in [-0.25, -0.2) is 0 Å². The van der Waals surface area contributed by atoms with Gasteiger partial charge >= 0.3 is 0 Å². The lowest BCUT2D eigenvalue weighted by Crippen LogP contribution is -2.44. The summed E-state index contributed by atoms with van der Waals surface area (Å²) in [5.74, 6) is -0.0567. The van der Waals surface area contributed by atoms with Crippen LogP contribution in [0.5, 0.6) is 0 Å². The molecule has 1 heterocycles. The molecule has 1 aliphatic heterocycles. The highest BCUT2D eigenvalue weighted by atomic mass is 35.5. The van der Waals surface area contributed by atoms with Gasteiger partial charge in [-0.15, -0.1) is 12.4 Å². The fraction of sp³-hybridized carbons (Fsp3) is 0.533. The van der Waals surface area contributed by atoms with Gasteiger partial charge in [0, 0.05) is 25.2 Å². The lowest BCUT2D eigenvalue weighted by Gasteiger charge is -2.21. The van der Waals surface area contributed by atoms with E-state index in [2.05, 4.69) is 41.4 Å². The maximum absolute atomic E-state index is 11.6. The summed E-state index contributed by atoms with van der Waals surface area (Å²) in [5, 5.41) is 3.02. The molecule has 0 spiro atoms. The van der Waals surface area contributed by atoms with Crippen LogP contribution in [0.2, 0.25) is 0 Å². The quantitative estimate of drug-likeness (QED) is 0.886. The van der Waals surface area contributed by atoms with Gasteiger partial charge in [-0.05, 0) is 25.8 Å². The van der Waals surface area contributed by atoms with Gasteiger partial charge in [0.2, 0.25) is 5.91 Å². The van der Waals surface area contributed by atoms with Crippen molar-refractivity contribution in [3.63, 3.8) is 0 Å². The van der Waals surface area contributed by atoms with E-state index in [4.69, 9.17) is 5.73 Å². The number of rotatable bonds is 4. The van der Waals surface area contributed by atoms with E-state index in [0.29, 0.717) is 6.04 Å². The van der Waals surface area contributed by atoms with E-state index >= 15 is 0 Å². The van der Waals surface area contributed by atoms with Gasteiger partial charge in [0.25, 0.3) is 0 Å². The lowest BCUT2D eigenvalue weighted by molar-refractivity contribution is -0.122. The molecule has 1 aliphatic rings. The number of benzene rings is 1. The third kappa shape index (κ3) is 4.47. The molecule has 0 saturated carbocycles. The molecule has 1 saturated heterocycles. The fourth-order valence-corrected chi connectivity index (χ4v) is 2.57. The lowest BCUT2D eigenvalue weighted by atomic mass is 10.2. The van der Waals surface area contributed by atoms with Crippen molar-refractivity contribution in [2.24, 2.45) is 5.73 Å². The molecule has 20 heavy (non-hydrogen) atoms. The molecule has 3 unspecified atom stereocenters. The van der Waals surface area contributed by atoms with Crippen LogP contribution in [0.15, 0.2) is 30.3 Å². The Balaban J connectivity index is 0.00000200. The fourth-order valence-electron chi connectivity index (χ4n) is 2.57. The maximum Gasteiger partial charge on any atom is 0.236 e. The Morgan fingerprint density at radius 3 is 2.70 bits per heavy atom. The summed E-state index contributed by atoms with van der Waals surface area (Å²) in [6, 6.07) is 10.7. The molecular weight excluding hydrogens is 274 g/mol. The molecule has 3 N–H and O–H groups in total. The number of hydrogen-bond acceptors (Lipinski definition) is 3. The van der Waals surface area contributed by atoms with Crippen molar-refractivity contribution in [1.29, 1.82) is 0 Å². The highest BCUT2D eigenvalue weighted by molar-refractivity contribution is 5.85. The summed E-state index contributed by atoms with van der Waals surface area (Å²) >= 11 is 0. The molecule has 1 amide bonds. The minimum atomic E-state index is -0.432. The first-order valence-electron chi connectivity index (χ1n) is 6.90. The summed E-state index contributed by atoms with van der Waals surface area (Å²) in [4.78, 5) is 14.0. The smallest absolute Gasteiger partial charge is 0.236 e. The van der Waals surface area contributed by atoms with Crippen molar-refractivity contribution >= 4 is 18.3 Å².